The number of rotatable bonds is 7. The van der Waals surface area contributed by atoms with Gasteiger partial charge in [-0.2, -0.15) is 0 Å². The molecule has 38 heavy (non-hydrogen) atoms. The van der Waals surface area contributed by atoms with Crippen molar-refractivity contribution >= 4 is 40.7 Å². The predicted molar refractivity (Wildman–Crippen MR) is 138 cm³/mol. The highest BCUT2D eigenvalue weighted by atomic mass is 16.5. The van der Waals surface area contributed by atoms with Crippen molar-refractivity contribution in [1.82, 2.24) is 0 Å². The van der Waals surface area contributed by atoms with Crippen LogP contribution in [-0.2, 0) is 4.79 Å². The van der Waals surface area contributed by atoms with Gasteiger partial charge in [-0.05, 0) is 42.8 Å². The molecule has 1 atom stereocenters. The fourth-order valence-corrected chi connectivity index (χ4v) is 4.30. The standard InChI is InChI=1S/C28H24N2O8/c1-14-8-22(37-2)24(23(9-14)38-3)30-21-13-20(25(31)19-7-5-4-6-18(19)21)26(32)29-17-11-15(27(33)34)10-16(12-17)28(35)36/h4-12,20H,13H2,1-3H3,(H,29,32)(H,33,34)(H,35,36). The number of aryl methyl sites for hydroxylation is 1. The zero-order chi connectivity index (χ0) is 27.6. The van der Waals surface area contributed by atoms with E-state index >= 15 is 0 Å². The van der Waals surface area contributed by atoms with E-state index < -0.39 is 29.5 Å². The molecule has 3 N–H and O–H groups in total. The maximum Gasteiger partial charge on any atom is 0.335 e. The van der Waals surface area contributed by atoms with Gasteiger partial charge >= 0.3 is 11.9 Å². The lowest BCUT2D eigenvalue weighted by molar-refractivity contribution is -0.118. The summed E-state index contributed by atoms with van der Waals surface area (Å²) in [7, 11) is 3.01. The van der Waals surface area contributed by atoms with Crippen molar-refractivity contribution in [2.75, 3.05) is 19.5 Å². The lowest BCUT2D eigenvalue weighted by atomic mass is 9.80. The lowest BCUT2D eigenvalue weighted by Gasteiger charge is -2.25. The number of aliphatic imine (C=N–C) groups is 1. The second-order valence-corrected chi connectivity index (χ2v) is 8.64. The number of carbonyl (C=O) groups excluding carboxylic acids is 2. The van der Waals surface area contributed by atoms with Gasteiger partial charge in [-0.25, -0.2) is 14.6 Å². The molecule has 0 bridgehead atoms. The molecule has 4 rings (SSSR count). The molecule has 3 aromatic carbocycles. The van der Waals surface area contributed by atoms with Crippen molar-refractivity contribution in [1.29, 1.82) is 0 Å². The first-order valence-electron chi connectivity index (χ1n) is 11.5. The third kappa shape index (κ3) is 5.10. The van der Waals surface area contributed by atoms with Gasteiger partial charge in [0.05, 0.1) is 31.1 Å². The molecule has 3 aromatic rings. The Morgan fingerprint density at radius 1 is 0.895 bits per heavy atom. The lowest BCUT2D eigenvalue weighted by Crippen LogP contribution is -2.36. The number of ketones is 1. The van der Waals surface area contributed by atoms with Crippen LogP contribution in [0.25, 0.3) is 0 Å². The van der Waals surface area contributed by atoms with Crippen LogP contribution >= 0.6 is 0 Å². The van der Waals surface area contributed by atoms with E-state index in [4.69, 9.17) is 14.5 Å². The monoisotopic (exact) mass is 516 g/mol. The molecule has 10 nitrogen and oxygen atoms in total. The van der Waals surface area contributed by atoms with E-state index in [9.17, 15) is 29.4 Å². The molecule has 0 saturated carbocycles. The van der Waals surface area contributed by atoms with Gasteiger partial charge in [0.15, 0.2) is 5.78 Å². The van der Waals surface area contributed by atoms with E-state index in [1.54, 1.807) is 36.4 Å². The van der Waals surface area contributed by atoms with Crippen molar-refractivity contribution in [2.24, 2.45) is 10.9 Å². The minimum Gasteiger partial charge on any atom is -0.494 e. The Kier molecular flexibility index (Phi) is 7.24. The van der Waals surface area contributed by atoms with Gasteiger partial charge in [0.25, 0.3) is 0 Å². The van der Waals surface area contributed by atoms with Crippen LogP contribution in [0.15, 0.2) is 59.6 Å². The van der Waals surface area contributed by atoms with Gasteiger partial charge in [-0.15, -0.1) is 0 Å². The van der Waals surface area contributed by atoms with Crippen LogP contribution in [0.5, 0.6) is 11.5 Å². The molecule has 0 heterocycles. The Labute approximate surface area is 217 Å². The van der Waals surface area contributed by atoms with E-state index in [-0.39, 0.29) is 23.2 Å². The number of benzene rings is 3. The van der Waals surface area contributed by atoms with Gasteiger partial charge in [0.2, 0.25) is 5.91 Å². The highest BCUT2D eigenvalue weighted by Crippen LogP contribution is 2.40. The topological polar surface area (TPSA) is 152 Å². The molecule has 1 unspecified atom stereocenters. The van der Waals surface area contributed by atoms with Crippen molar-refractivity contribution in [3.8, 4) is 11.5 Å². The van der Waals surface area contributed by atoms with Crippen LogP contribution < -0.4 is 14.8 Å². The minimum absolute atomic E-state index is 0.0562. The summed E-state index contributed by atoms with van der Waals surface area (Å²) in [6.45, 7) is 1.88. The Bertz CT molecular complexity index is 1450. The number of methoxy groups -OCH3 is 2. The van der Waals surface area contributed by atoms with Crippen LogP contribution in [0.4, 0.5) is 11.4 Å². The number of hydrogen-bond donors (Lipinski definition) is 3. The molecule has 1 aliphatic rings. The Morgan fingerprint density at radius 3 is 1.97 bits per heavy atom. The quantitative estimate of drug-likeness (QED) is 0.392. The summed E-state index contributed by atoms with van der Waals surface area (Å²) < 4.78 is 11.0. The molecular weight excluding hydrogens is 492 g/mol. The Balaban J connectivity index is 1.76. The van der Waals surface area contributed by atoms with E-state index in [0.717, 1.165) is 23.8 Å². The number of carboxylic acid groups (broad SMARTS) is 2. The summed E-state index contributed by atoms with van der Waals surface area (Å²) in [5.74, 6) is -4.17. The second-order valence-electron chi connectivity index (χ2n) is 8.64. The summed E-state index contributed by atoms with van der Waals surface area (Å²) in [6.07, 6.45) is -0.0632. The van der Waals surface area contributed by atoms with E-state index in [0.29, 0.717) is 34.0 Å². The maximum atomic E-state index is 13.3. The second kappa shape index (κ2) is 10.6. The summed E-state index contributed by atoms with van der Waals surface area (Å²) in [6, 6.07) is 13.6. The molecule has 0 fully saturated rings. The number of fused-ring (bicyclic) bond motifs is 1. The normalized spacial score (nSPS) is 15.5. The summed E-state index contributed by atoms with van der Waals surface area (Å²) in [5.41, 5.74) is 1.91. The van der Waals surface area contributed by atoms with Gasteiger partial charge in [-0.3, -0.25) is 9.59 Å². The van der Waals surface area contributed by atoms with E-state index in [2.05, 4.69) is 5.32 Å². The number of amides is 1. The number of hydrogen-bond acceptors (Lipinski definition) is 7. The highest BCUT2D eigenvalue weighted by molar-refractivity contribution is 6.24. The summed E-state index contributed by atoms with van der Waals surface area (Å²) >= 11 is 0. The van der Waals surface area contributed by atoms with E-state index in [1.165, 1.54) is 14.2 Å². The number of Topliss-reactive ketones (excluding diaryl/α,β-unsaturated/α-hetero) is 1. The Morgan fingerprint density at radius 2 is 1.45 bits per heavy atom. The fraction of sp³-hybridized carbons (Fsp3) is 0.179. The van der Waals surface area contributed by atoms with Gasteiger partial charge in [0.1, 0.15) is 23.1 Å². The van der Waals surface area contributed by atoms with Crippen LogP contribution in [0.3, 0.4) is 0 Å². The van der Waals surface area contributed by atoms with Crippen LogP contribution in [0.1, 0.15) is 48.6 Å². The molecule has 0 aromatic heterocycles. The molecular formula is C28H24N2O8. The highest BCUT2D eigenvalue weighted by Gasteiger charge is 2.36. The molecule has 1 aliphatic carbocycles. The first-order valence-corrected chi connectivity index (χ1v) is 11.5. The van der Waals surface area contributed by atoms with Crippen LogP contribution in [0.2, 0.25) is 0 Å². The smallest absolute Gasteiger partial charge is 0.335 e. The number of aromatic carboxylic acids is 2. The number of ether oxygens (including phenoxy) is 2. The average molecular weight is 517 g/mol. The van der Waals surface area contributed by atoms with Crippen molar-refractivity contribution < 1.29 is 38.9 Å². The largest absolute Gasteiger partial charge is 0.494 e. The molecule has 0 spiro atoms. The molecule has 0 saturated heterocycles. The molecule has 0 aliphatic heterocycles. The zero-order valence-electron chi connectivity index (χ0n) is 20.8. The summed E-state index contributed by atoms with van der Waals surface area (Å²) in [5, 5.41) is 21.2. The predicted octanol–water partition coefficient (Wildman–Crippen LogP) is 4.37. The molecule has 10 heteroatoms. The zero-order valence-corrected chi connectivity index (χ0v) is 20.8. The number of anilines is 1. The number of carbonyl (C=O) groups is 4. The van der Waals surface area contributed by atoms with Gasteiger partial charge in [0, 0.05) is 23.2 Å². The van der Waals surface area contributed by atoms with Gasteiger partial charge < -0.3 is 25.0 Å². The SMILES string of the molecule is COc1cc(C)cc(OC)c1N=C1CC(C(=O)Nc2cc(C(=O)O)cc(C(=O)O)c2)C(=O)c2ccccc21. The van der Waals surface area contributed by atoms with Crippen LogP contribution in [-0.4, -0.2) is 53.8 Å². The van der Waals surface area contributed by atoms with Crippen LogP contribution in [0, 0.1) is 12.8 Å². The molecule has 1 amide bonds. The first kappa shape index (κ1) is 26.1. The number of nitrogens with zero attached hydrogens (tertiary/aromatic N) is 1. The van der Waals surface area contributed by atoms with Crippen molar-refractivity contribution in [3.05, 3.63) is 82.4 Å². The number of carboxylic acids is 2. The van der Waals surface area contributed by atoms with E-state index in [1.807, 2.05) is 6.92 Å². The summed E-state index contributed by atoms with van der Waals surface area (Å²) in [4.78, 5) is 54.3. The maximum absolute atomic E-state index is 13.3. The minimum atomic E-state index is -1.36. The third-order valence-electron chi connectivity index (χ3n) is 6.10. The fourth-order valence-electron chi connectivity index (χ4n) is 4.30. The third-order valence-corrected chi connectivity index (χ3v) is 6.10. The van der Waals surface area contributed by atoms with Crippen molar-refractivity contribution in [3.63, 3.8) is 0 Å². The molecule has 194 valence electrons. The first-order chi connectivity index (χ1) is 18.1. The molecule has 0 radical (unpaired) electrons. The Hall–Kier alpha value is -4.99. The number of nitrogens with one attached hydrogen (secondary N) is 1. The van der Waals surface area contributed by atoms with Gasteiger partial charge in [-0.1, -0.05) is 24.3 Å². The van der Waals surface area contributed by atoms with Crippen molar-refractivity contribution in [2.45, 2.75) is 13.3 Å². The average Bonchev–Trinajstić information content (AvgIpc) is 2.90.